The van der Waals surface area contributed by atoms with Crippen molar-refractivity contribution in [1.29, 1.82) is 0 Å². The van der Waals surface area contributed by atoms with Crippen molar-refractivity contribution < 1.29 is 18.9 Å². The van der Waals surface area contributed by atoms with Gasteiger partial charge >= 0.3 is 0 Å². The van der Waals surface area contributed by atoms with Crippen LogP contribution in [0.3, 0.4) is 0 Å². The van der Waals surface area contributed by atoms with Crippen LogP contribution in [0.4, 0.5) is 5.69 Å². The van der Waals surface area contributed by atoms with Crippen molar-refractivity contribution in [3.8, 4) is 23.0 Å². The standard InChI is InChI=1S/C23H24BrNO4/c1-14(2)29-20-9-8-18(24)17(23(20)26-4)12-25(3)19-7-5-6-15-10-21-22(11-16(15)19)28-13-27-21/h5-11,14H,12-13H2,1-4H3. The molecule has 0 amide bonds. The van der Waals surface area contributed by atoms with Crippen molar-refractivity contribution in [3.05, 3.63) is 52.5 Å². The van der Waals surface area contributed by atoms with Crippen molar-refractivity contribution >= 4 is 32.4 Å². The third kappa shape index (κ3) is 3.81. The van der Waals surface area contributed by atoms with E-state index in [9.17, 15) is 0 Å². The quantitative estimate of drug-likeness (QED) is 0.470. The van der Waals surface area contributed by atoms with Crippen LogP contribution in [0.25, 0.3) is 10.8 Å². The second-order valence-corrected chi connectivity index (χ2v) is 8.14. The molecular formula is C23H24BrNO4. The second kappa shape index (κ2) is 8.03. The Morgan fingerprint density at radius 2 is 1.86 bits per heavy atom. The van der Waals surface area contributed by atoms with Gasteiger partial charge in [-0.2, -0.15) is 0 Å². The Hall–Kier alpha value is -2.60. The molecule has 0 aliphatic carbocycles. The molecule has 0 atom stereocenters. The molecule has 1 heterocycles. The lowest BCUT2D eigenvalue weighted by Gasteiger charge is -2.24. The molecule has 0 N–H and O–H groups in total. The average molecular weight is 458 g/mol. The van der Waals surface area contributed by atoms with E-state index in [0.717, 1.165) is 49.5 Å². The van der Waals surface area contributed by atoms with Crippen molar-refractivity contribution in [2.24, 2.45) is 0 Å². The minimum absolute atomic E-state index is 0.0676. The highest BCUT2D eigenvalue weighted by Crippen LogP contribution is 2.41. The highest BCUT2D eigenvalue weighted by atomic mass is 79.9. The minimum atomic E-state index is 0.0676. The normalized spacial score (nSPS) is 12.5. The molecule has 0 radical (unpaired) electrons. The van der Waals surface area contributed by atoms with Crippen LogP contribution in [0.15, 0.2) is 46.9 Å². The monoisotopic (exact) mass is 457 g/mol. The largest absolute Gasteiger partial charge is 0.492 e. The van der Waals surface area contributed by atoms with E-state index in [1.165, 1.54) is 0 Å². The van der Waals surface area contributed by atoms with Crippen LogP contribution in [-0.2, 0) is 6.54 Å². The number of hydrogen-bond acceptors (Lipinski definition) is 5. The zero-order chi connectivity index (χ0) is 20.5. The topological polar surface area (TPSA) is 40.2 Å². The Kier molecular flexibility index (Phi) is 5.46. The molecule has 0 saturated heterocycles. The van der Waals surface area contributed by atoms with E-state index >= 15 is 0 Å². The summed E-state index contributed by atoms with van der Waals surface area (Å²) in [6.07, 6.45) is 0.0676. The van der Waals surface area contributed by atoms with E-state index in [-0.39, 0.29) is 12.9 Å². The van der Waals surface area contributed by atoms with E-state index in [2.05, 4.69) is 46.1 Å². The number of nitrogens with zero attached hydrogens (tertiary/aromatic N) is 1. The highest BCUT2D eigenvalue weighted by molar-refractivity contribution is 9.10. The molecule has 3 aromatic rings. The van der Waals surface area contributed by atoms with Crippen molar-refractivity contribution in [3.63, 3.8) is 0 Å². The second-order valence-electron chi connectivity index (χ2n) is 7.28. The summed E-state index contributed by atoms with van der Waals surface area (Å²) in [5, 5.41) is 2.23. The average Bonchev–Trinajstić information content (AvgIpc) is 3.15. The van der Waals surface area contributed by atoms with Crippen molar-refractivity contribution in [2.45, 2.75) is 26.5 Å². The van der Waals surface area contributed by atoms with Gasteiger partial charge in [0.25, 0.3) is 0 Å². The Balaban J connectivity index is 1.72. The van der Waals surface area contributed by atoms with Gasteiger partial charge in [-0.05, 0) is 49.6 Å². The van der Waals surface area contributed by atoms with Crippen LogP contribution in [0.5, 0.6) is 23.0 Å². The summed E-state index contributed by atoms with van der Waals surface area (Å²) >= 11 is 3.68. The summed E-state index contributed by atoms with van der Waals surface area (Å²) in [5.74, 6) is 3.07. The van der Waals surface area contributed by atoms with Crippen molar-refractivity contribution in [1.82, 2.24) is 0 Å². The molecule has 1 aliphatic rings. The molecule has 3 aromatic carbocycles. The summed E-state index contributed by atoms with van der Waals surface area (Å²) in [4.78, 5) is 2.20. The third-order valence-corrected chi connectivity index (χ3v) is 5.63. The van der Waals surface area contributed by atoms with Crippen LogP contribution >= 0.6 is 15.9 Å². The van der Waals surface area contributed by atoms with Crippen LogP contribution in [0.2, 0.25) is 0 Å². The van der Waals surface area contributed by atoms with Gasteiger partial charge in [-0.25, -0.2) is 0 Å². The van der Waals surface area contributed by atoms with Crippen LogP contribution in [0, 0.1) is 0 Å². The van der Waals surface area contributed by atoms with Gasteiger partial charge in [-0.3, -0.25) is 0 Å². The number of ether oxygens (including phenoxy) is 4. The first-order valence-electron chi connectivity index (χ1n) is 9.53. The fourth-order valence-electron chi connectivity index (χ4n) is 3.61. The zero-order valence-corrected chi connectivity index (χ0v) is 18.6. The molecule has 0 aromatic heterocycles. The first-order chi connectivity index (χ1) is 14.0. The number of benzene rings is 3. The van der Waals surface area contributed by atoms with Crippen LogP contribution in [-0.4, -0.2) is 27.1 Å². The minimum Gasteiger partial charge on any atom is -0.492 e. The zero-order valence-electron chi connectivity index (χ0n) is 17.0. The molecule has 0 bridgehead atoms. The number of anilines is 1. The number of hydrogen-bond donors (Lipinski definition) is 0. The van der Waals surface area contributed by atoms with Crippen molar-refractivity contribution in [2.75, 3.05) is 25.9 Å². The Labute approximate surface area is 179 Å². The van der Waals surface area contributed by atoms with Gasteiger partial charge in [0.05, 0.1) is 13.2 Å². The molecule has 0 spiro atoms. The Bertz CT molecular complexity index is 1050. The maximum atomic E-state index is 5.95. The molecule has 0 fully saturated rings. The van der Waals surface area contributed by atoms with E-state index in [1.807, 2.05) is 38.1 Å². The molecular weight excluding hydrogens is 434 g/mol. The molecule has 0 unspecified atom stereocenters. The molecule has 6 heteroatoms. The molecule has 29 heavy (non-hydrogen) atoms. The summed E-state index contributed by atoms with van der Waals surface area (Å²) < 4.78 is 23.8. The molecule has 1 aliphatic heterocycles. The lowest BCUT2D eigenvalue weighted by Crippen LogP contribution is -2.18. The number of rotatable bonds is 6. The first kappa shape index (κ1) is 19.7. The Morgan fingerprint density at radius 1 is 1.10 bits per heavy atom. The fourth-order valence-corrected chi connectivity index (χ4v) is 4.04. The SMILES string of the molecule is COc1c(OC(C)C)ccc(Br)c1CN(C)c1cccc2cc3c(cc12)OCO3. The van der Waals surface area contributed by atoms with E-state index in [0.29, 0.717) is 6.54 Å². The fraction of sp³-hybridized carbons (Fsp3) is 0.304. The summed E-state index contributed by atoms with van der Waals surface area (Å²) in [6, 6.07) is 14.3. The molecule has 5 nitrogen and oxygen atoms in total. The van der Waals surface area contributed by atoms with Gasteiger partial charge < -0.3 is 23.8 Å². The summed E-state index contributed by atoms with van der Waals surface area (Å²) in [5.41, 5.74) is 2.14. The van der Waals surface area contributed by atoms with Gasteiger partial charge in [0.15, 0.2) is 23.0 Å². The van der Waals surface area contributed by atoms with Crippen LogP contribution in [0.1, 0.15) is 19.4 Å². The van der Waals surface area contributed by atoms with Crippen LogP contribution < -0.4 is 23.8 Å². The van der Waals surface area contributed by atoms with Gasteiger partial charge in [0, 0.05) is 34.7 Å². The number of methoxy groups -OCH3 is 1. The van der Waals surface area contributed by atoms with Gasteiger partial charge in [-0.15, -0.1) is 0 Å². The molecule has 152 valence electrons. The highest BCUT2D eigenvalue weighted by Gasteiger charge is 2.20. The van der Waals surface area contributed by atoms with E-state index in [1.54, 1.807) is 7.11 Å². The van der Waals surface area contributed by atoms with Gasteiger partial charge in [0.2, 0.25) is 6.79 Å². The smallest absolute Gasteiger partial charge is 0.231 e. The predicted octanol–water partition coefficient (Wildman–Crippen LogP) is 5.76. The molecule has 0 saturated carbocycles. The number of fused-ring (bicyclic) bond motifs is 2. The summed E-state index contributed by atoms with van der Waals surface area (Å²) in [7, 11) is 3.75. The lowest BCUT2D eigenvalue weighted by atomic mass is 10.1. The summed E-state index contributed by atoms with van der Waals surface area (Å²) in [6.45, 7) is 4.93. The first-order valence-corrected chi connectivity index (χ1v) is 10.3. The Morgan fingerprint density at radius 3 is 2.59 bits per heavy atom. The van der Waals surface area contributed by atoms with E-state index < -0.39 is 0 Å². The molecule has 4 rings (SSSR count). The van der Waals surface area contributed by atoms with Gasteiger partial charge in [-0.1, -0.05) is 28.1 Å². The number of halogens is 1. The van der Waals surface area contributed by atoms with E-state index in [4.69, 9.17) is 18.9 Å². The van der Waals surface area contributed by atoms with Gasteiger partial charge in [0.1, 0.15) is 0 Å². The maximum Gasteiger partial charge on any atom is 0.231 e. The maximum absolute atomic E-state index is 5.95. The third-order valence-electron chi connectivity index (χ3n) is 4.89. The predicted molar refractivity (Wildman–Crippen MR) is 119 cm³/mol. The lowest BCUT2D eigenvalue weighted by molar-refractivity contribution is 0.174.